The molecule has 1 aromatic heterocycles. The van der Waals surface area contributed by atoms with Crippen molar-refractivity contribution in [2.24, 2.45) is 5.92 Å². The highest BCUT2D eigenvalue weighted by Crippen LogP contribution is 2.40. The molecule has 162 valence electrons. The third-order valence-electron chi connectivity index (χ3n) is 6.22. The molecule has 1 fully saturated rings. The minimum atomic E-state index is -0.0722. The highest BCUT2D eigenvalue weighted by Gasteiger charge is 2.39. The topological polar surface area (TPSA) is 57.7 Å². The van der Waals surface area contributed by atoms with Crippen molar-refractivity contribution in [1.29, 1.82) is 0 Å². The van der Waals surface area contributed by atoms with Crippen LogP contribution in [0.25, 0.3) is 0 Å². The standard InChI is InChI=1S/C23H38N4O2/c1-16(2)7-8-18-9-21-20(11-25-18)23(4,5)15-27(21)22(28)13-26-12-17(3)24-10-19(26)14-29-6/h9,11,16-17,19,24H,7-8,10,12-15H2,1-6H3/t17-,19?/m1/s1. The Bertz CT molecular complexity index is 719. The summed E-state index contributed by atoms with van der Waals surface area (Å²) in [7, 11) is 1.73. The predicted molar refractivity (Wildman–Crippen MR) is 117 cm³/mol. The third kappa shape index (κ3) is 5.16. The van der Waals surface area contributed by atoms with Crippen molar-refractivity contribution in [3.8, 4) is 0 Å². The number of aryl methyl sites for hydroxylation is 1. The van der Waals surface area contributed by atoms with Gasteiger partial charge < -0.3 is 15.0 Å². The van der Waals surface area contributed by atoms with E-state index in [0.717, 1.165) is 37.3 Å². The molecule has 6 nitrogen and oxygen atoms in total. The number of carbonyl (C=O) groups excluding carboxylic acids is 1. The number of nitrogens with zero attached hydrogens (tertiary/aromatic N) is 3. The maximum Gasteiger partial charge on any atom is 0.241 e. The van der Waals surface area contributed by atoms with Crippen LogP contribution in [0.4, 0.5) is 5.69 Å². The number of pyridine rings is 1. The largest absolute Gasteiger partial charge is 0.383 e. The summed E-state index contributed by atoms with van der Waals surface area (Å²) in [5.41, 5.74) is 3.25. The van der Waals surface area contributed by atoms with Gasteiger partial charge in [0.2, 0.25) is 5.91 Å². The van der Waals surface area contributed by atoms with E-state index in [1.807, 2.05) is 11.1 Å². The summed E-state index contributed by atoms with van der Waals surface area (Å²) in [4.78, 5) is 22.4. The number of amides is 1. The minimum absolute atomic E-state index is 0.0722. The van der Waals surface area contributed by atoms with Gasteiger partial charge in [-0.1, -0.05) is 27.7 Å². The number of fused-ring (bicyclic) bond motifs is 1. The summed E-state index contributed by atoms with van der Waals surface area (Å²) >= 11 is 0. The first-order valence-electron chi connectivity index (χ1n) is 11.0. The van der Waals surface area contributed by atoms with Crippen molar-refractivity contribution in [3.63, 3.8) is 0 Å². The van der Waals surface area contributed by atoms with Gasteiger partial charge in [-0.3, -0.25) is 14.7 Å². The highest BCUT2D eigenvalue weighted by molar-refractivity contribution is 5.97. The monoisotopic (exact) mass is 402 g/mol. The van der Waals surface area contributed by atoms with Gasteiger partial charge in [-0.25, -0.2) is 0 Å². The van der Waals surface area contributed by atoms with Crippen LogP contribution < -0.4 is 10.2 Å². The molecule has 0 bridgehead atoms. The Morgan fingerprint density at radius 1 is 1.41 bits per heavy atom. The normalized spacial score (nSPS) is 24.2. The molecule has 2 atom stereocenters. The van der Waals surface area contributed by atoms with E-state index in [9.17, 15) is 4.79 Å². The Hall–Kier alpha value is -1.50. The number of piperazine rings is 1. The van der Waals surface area contributed by atoms with Crippen LogP contribution in [0.3, 0.4) is 0 Å². The molecule has 0 aliphatic carbocycles. The maximum atomic E-state index is 13.4. The molecule has 1 N–H and O–H groups in total. The lowest BCUT2D eigenvalue weighted by molar-refractivity contribution is -0.121. The zero-order valence-electron chi connectivity index (χ0n) is 19.0. The lowest BCUT2D eigenvalue weighted by Gasteiger charge is -2.39. The van der Waals surface area contributed by atoms with Crippen LogP contribution in [-0.2, 0) is 21.4 Å². The molecule has 3 rings (SSSR count). The van der Waals surface area contributed by atoms with E-state index in [1.54, 1.807) is 7.11 Å². The van der Waals surface area contributed by atoms with Gasteiger partial charge in [0.05, 0.1) is 18.8 Å². The molecule has 2 aliphatic heterocycles. The summed E-state index contributed by atoms with van der Waals surface area (Å²) in [5, 5.41) is 3.49. The summed E-state index contributed by atoms with van der Waals surface area (Å²) in [6, 6.07) is 2.76. The number of nitrogens with one attached hydrogen (secondary N) is 1. The number of aromatic nitrogens is 1. The molecule has 1 amide bonds. The van der Waals surface area contributed by atoms with Crippen molar-refractivity contribution in [2.45, 2.75) is 65.0 Å². The Balaban J connectivity index is 1.78. The molecule has 1 aromatic rings. The predicted octanol–water partition coefficient (Wildman–Crippen LogP) is 2.60. The molecular weight excluding hydrogens is 364 g/mol. The third-order valence-corrected chi connectivity index (χ3v) is 6.22. The van der Waals surface area contributed by atoms with Gasteiger partial charge in [0.15, 0.2) is 0 Å². The zero-order chi connectivity index (χ0) is 21.2. The number of methoxy groups -OCH3 is 1. The molecule has 2 aliphatic rings. The van der Waals surface area contributed by atoms with Crippen LogP contribution in [0, 0.1) is 5.92 Å². The van der Waals surface area contributed by atoms with E-state index >= 15 is 0 Å². The second-order valence-corrected chi connectivity index (χ2v) is 9.84. The summed E-state index contributed by atoms with van der Waals surface area (Å²) in [6.45, 7) is 14.5. The number of hydrogen-bond acceptors (Lipinski definition) is 5. The fourth-order valence-electron chi connectivity index (χ4n) is 4.43. The van der Waals surface area contributed by atoms with E-state index < -0.39 is 0 Å². The van der Waals surface area contributed by atoms with E-state index in [4.69, 9.17) is 9.72 Å². The molecule has 0 aromatic carbocycles. The quantitative estimate of drug-likeness (QED) is 0.760. The summed E-state index contributed by atoms with van der Waals surface area (Å²) in [6.07, 6.45) is 4.07. The highest BCUT2D eigenvalue weighted by atomic mass is 16.5. The maximum absolute atomic E-state index is 13.4. The van der Waals surface area contributed by atoms with Crippen molar-refractivity contribution in [3.05, 3.63) is 23.5 Å². The van der Waals surface area contributed by atoms with Gasteiger partial charge in [-0.2, -0.15) is 0 Å². The van der Waals surface area contributed by atoms with Crippen molar-refractivity contribution in [2.75, 3.05) is 44.8 Å². The van der Waals surface area contributed by atoms with Crippen molar-refractivity contribution >= 4 is 11.6 Å². The van der Waals surface area contributed by atoms with Crippen LogP contribution in [0.1, 0.15) is 52.3 Å². The van der Waals surface area contributed by atoms with Crippen molar-refractivity contribution in [1.82, 2.24) is 15.2 Å². The second-order valence-electron chi connectivity index (χ2n) is 9.84. The Labute approximate surface area is 176 Å². The van der Waals surface area contributed by atoms with E-state index in [-0.39, 0.29) is 17.4 Å². The van der Waals surface area contributed by atoms with E-state index in [0.29, 0.717) is 31.7 Å². The van der Waals surface area contributed by atoms with Crippen LogP contribution in [0.15, 0.2) is 12.3 Å². The first kappa shape index (κ1) is 22.2. The average Bonchev–Trinajstić information content (AvgIpc) is 2.93. The average molecular weight is 403 g/mol. The van der Waals surface area contributed by atoms with E-state index in [1.165, 1.54) is 5.56 Å². The van der Waals surface area contributed by atoms with Gasteiger partial charge in [-0.05, 0) is 31.7 Å². The molecule has 0 saturated carbocycles. The second kappa shape index (κ2) is 9.11. The fourth-order valence-corrected chi connectivity index (χ4v) is 4.43. The number of hydrogen-bond donors (Lipinski definition) is 1. The lowest BCUT2D eigenvalue weighted by atomic mass is 9.88. The Kier molecular flexibility index (Phi) is 6.97. The van der Waals surface area contributed by atoms with Crippen LogP contribution >= 0.6 is 0 Å². The number of anilines is 1. The SMILES string of the molecule is COCC1CN[C@H](C)CN1CC(=O)N1CC(C)(C)c2cnc(CCC(C)C)cc21. The van der Waals surface area contributed by atoms with Gasteiger partial charge in [0.25, 0.3) is 0 Å². The molecule has 1 unspecified atom stereocenters. The lowest BCUT2D eigenvalue weighted by Crippen LogP contribution is -2.59. The summed E-state index contributed by atoms with van der Waals surface area (Å²) < 4.78 is 5.39. The molecule has 0 radical (unpaired) electrons. The fraction of sp³-hybridized carbons (Fsp3) is 0.739. The Morgan fingerprint density at radius 2 is 2.17 bits per heavy atom. The first-order chi connectivity index (χ1) is 13.7. The smallest absolute Gasteiger partial charge is 0.241 e. The molecule has 6 heteroatoms. The summed E-state index contributed by atoms with van der Waals surface area (Å²) in [5.74, 6) is 0.819. The molecule has 1 saturated heterocycles. The number of ether oxygens (including phenoxy) is 1. The number of rotatable bonds is 7. The van der Waals surface area contributed by atoms with Crippen LogP contribution in [0.2, 0.25) is 0 Å². The van der Waals surface area contributed by atoms with Crippen molar-refractivity contribution < 1.29 is 9.53 Å². The van der Waals surface area contributed by atoms with Gasteiger partial charge >= 0.3 is 0 Å². The molecule has 0 spiro atoms. The van der Waals surface area contributed by atoms with Gasteiger partial charge in [0, 0.05) is 61.7 Å². The van der Waals surface area contributed by atoms with Crippen LogP contribution in [0.5, 0.6) is 0 Å². The van der Waals surface area contributed by atoms with Gasteiger partial charge in [-0.15, -0.1) is 0 Å². The van der Waals surface area contributed by atoms with Crippen LogP contribution in [-0.4, -0.2) is 67.8 Å². The molecule has 3 heterocycles. The molecule has 29 heavy (non-hydrogen) atoms. The van der Waals surface area contributed by atoms with E-state index in [2.05, 4.69) is 50.9 Å². The van der Waals surface area contributed by atoms with Gasteiger partial charge in [0.1, 0.15) is 0 Å². The number of carbonyl (C=O) groups is 1. The zero-order valence-corrected chi connectivity index (χ0v) is 19.0. The first-order valence-corrected chi connectivity index (χ1v) is 11.0. The molecular formula is C23H38N4O2. The Morgan fingerprint density at radius 3 is 2.86 bits per heavy atom. The minimum Gasteiger partial charge on any atom is -0.383 e.